The smallest absolute Gasteiger partial charge is 0.227 e. The summed E-state index contributed by atoms with van der Waals surface area (Å²) in [5, 5.41) is 6.86. The molecular weight excluding hydrogens is 451 g/mol. The van der Waals surface area contributed by atoms with E-state index in [-0.39, 0.29) is 29.9 Å². The zero-order valence-corrected chi connectivity index (χ0v) is 18.8. The fraction of sp³-hybridized carbons (Fsp3) is 0.556. The van der Waals surface area contributed by atoms with Crippen LogP contribution in [-0.4, -0.2) is 43.4 Å². The number of benzene rings is 1. The summed E-state index contributed by atoms with van der Waals surface area (Å²) in [5.74, 6) is 0.771. The van der Waals surface area contributed by atoms with Crippen molar-refractivity contribution in [1.29, 1.82) is 0 Å². The first kappa shape index (κ1) is 24.0. The van der Waals surface area contributed by atoms with Crippen molar-refractivity contribution in [1.82, 2.24) is 15.5 Å². The van der Waals surface area contributed by atoms with Crippen LogP contribution in [0.1, 0.15) is 33.3 Å². The second-order valence-electron chi connectivity index (χ2n) is 6.36. The van der Waals surface area contributed by atoms with Crippen molar-refractivity contribution >= 4 is 47.4 Å². The van der Waals surface area contributed by atoms with Gasteiger partial charge in [0.05, 0.1) is 12.0 Å². The van der Waals surface area contributed by atoms with E-state index in [4.69, 9.17) is 11.6 Å². The molecule has 0 aromatic heterocycles. The SMILES string of the molecule is CCNC(=O)C(C)(C)CN=C(NCC)N(C)Cc1ccccc1Cl.I. The summed E-state index contributed by atoms with van der Waals surface area (Å²) >= 11 is 6.24. The van der Waals surface area contributed by atoms with E-state index in [0.29, 0.717) is 19.6 Å². The van der Waals surface area contributed by atoms with Gasteiger partial charge in [0.15, 0.2) is 5.96 Å². The molecule has 0 aliphatic carbocycles. The topological polar surface area (TPSA) is 56.7 Å². The van der Waals surface area contributed by atoms with Crippen LogP contribution in [0.25, 0.3) is 0 Å². The molecule has 0 bridgehead atoms. The molecule has 1 aromatic carbocycles. The maximum atomic E-state index is 12.1. The minimum absolute atomic E-state index is 0. The molecule has 142 valence electrons. The maximum Gasteiger partial charge on any atom is 0.227 e. The number of amides is 1. The summed E-state index contributed by atoms with van der Waals surface area (Å²) in [7, 11) is 1.96. The Balaban J connectivity index is 0.00000576. The highest BCUT2D eigenvalue weighted by Gasteiger charge is 2.27. The third-order valence-electron chi connectivity index (χ3n) is 3.64. The van der Waals surface area contributed by atoms with Crippen molar-refractivity contribution in [2.24, 2.45) is 10.4 Å². The van der Waals surface area contributed by atoms with Crippen LogP contribution in [0.2, 0.25) is 5.02 Å². The second kappa shape index (κ2) is 11.6. The zero-order chi connectivity index (χ0) is 18.2. The number of halogens is 2. The van der Waals surface area contributed by atoms with Crippen molar-refractivity contribution in [2.75, 3.05) is 26.7 Å². The highest BCUT2D eigenvalue weighted by Crippen LogP contribution is 2.18. The van der Waals surface area contributed by atoms with Crippen LogP contribution in [-0.2, 0) is 11.3 Å². The molecule has 0 unspecified atom stereocenters. The van der Waals surface area contributed by atoms with Gasteiger partial charge in [0.2, 0.25) is 5.91 Å². The Kier molecular flexibility index (Phi) is 11.1. The molecule has 2 N–H and O–H groups in total. The average molecular weight is 481 g/mol. The summed E-state index contributed by atoms with van der Waals surface area (Å²) in [6.07, 6.45) is 0. The molecule has 0 saturated carbocycles. The summed E-state index contributed by atoms with van der Waals surface area (Å²) in [6.45, 7) is 10.2. The van der Waals surface area contributed by atoms with Gasteiger partial charge in [0.1, 0.15) is 0 Å². The van der Waals surface area contributed by atoms with Crippen molar-refractivity contribution < 1.29 is 4.79 Å². The minimum Gasteiger partial charge on any atom is -0.357 e. The molecular formula is C18H30ClIN4O. The van der Waals surface area contributed by atoms with Gasteiger partial charge >= 0.3 is 0 Å². The van der Waals surface area contributed by atoms with Crippen LogP contribution in [0.3, 0.4) is 0 Å². The number of guanidine groups is 1. The first-order chi connectivity index (χ1) is 11.3. The Morgan fingerprint density at radius 1 is 1.20 bits per heavy atom. The van der Waals surface area contributed by atoms with Crippen LogP contribution in [0, 0.1) is 5.41 Å². The third kappa shape index (κ3) is 7.81. The van der Waals surface area contributed by atoms with Crippen LogP contribution < -0.4 is 10.6 Å². The molecule has 7 heteroatoms. The number of carbonyl (C=O) groups is 1. The summed E-state index contributed by atoms with van der Waals surface area (Å²) in [6, 6.07) is 7.77. The standard InChI is InChI=1S/C18H29ClN4O.HI/c1-6-20-16(24)18(3,4)13-22-17(21-7-2)23(5)12-14-10-8-9-11-15(14)19;/h8-11H,6-7,12-13H2,1-5H3,(H,20,24)(H,21,22);1H. The van der Waals surface area contributed by atoms with Gasteiger partial charge in [-0.2, -0.15) is 0 Å². The van der Waals surface area contributed by atoms with E-state index in [2.05, 4.69) is 15.6 Å². The summed E-state index contributed by atoms with van der Waals surface area (Å²) in [5.41, 5.74) is 0.484. The van der Waals surface area contributed by atoms with Gasteiger partial charge in [-0.05, 0) is 39.3 Å². The van der Waals surface area contributed by atoms with Crippen LogP contribution in [0.5, 0.6) is 0 Å². The van der Waals surface area contributed by atoms with Gasteiger partial charge in [-0.25, -0.2) is 0 Å². The lowest BCUT2D eigenvalue weighted by Gasteiger charge is -2.25. The van der Waals surface area contributed by atoms with E-state index in [1.807, 2.05) is 63.9 Å². The second-order valence-corrected chi connectivity index (χ2v) is 6.77. The van der Waals surface area contributed by atoms with E-state index in [1.165, 1.54) is 0 Å². The molecule has 0 saturated heterocycles. The summed E-state index contributed by atoms with van der Waals surface area (Å²) < 4.78 is 0. The van der Waals surface area contributed by atoms with Gasteiger partial charge in [-0.1, -0.05) is 29.8 Å². The molecule has 25 heavy (non-hydrogen) atoms. The Labute approximate surface area is 173 Å². The number of hydrogen-bond donors (Lipinski definition) is 2. The van der Waals surface area contributed by atoms with Crippen molar-refractivity contribution in [3.63, 3.8) is 0 Å². The van der Waals surface area contributed by atoms with Gasteiger partial charge in [0, 0.05) is 31.7 Å². The predicted molar refractivity (Wildman–Crippen MR) is 117 cm³/mol. The Hall–Kier alpha value is -1.02. The number of carbonyl (C=O) groups excluding carboxylic acids is 1. The average Bonchev–Trinajstić information content (AvgIpc) is 2.53. The number of nitrogens with zero attached hydrogens (tertiary/aromatic N) is 2. The molecule has 0 aliphatic heterocycles. The molecule has 0 aliphatic rings. The van der Waals surface area contributed by atoms with Gasteiger partial charge < -0.3 is 15.5 Å². The number of nitrogens with one attached hydrogen (secondary N) is 2. The highest BCUT2D eigenvalue weighted by molar-refractivity contribution is 14.0. The Bertz CT molecular complexity index is 578. The largest absolute Gasteiger partial charge is 0.357 e. The normalized spacial score (nSPS) is 11.5. The molecule has 1 amide bonds. The van der Waals surface area contributed by atoms with E-state index < -0.39 is 5.41 Å². The van der Waals surface area contributed by atoms with E-state index in [1.54, 1.807) is 0 Å². The predicted octanol–water partition coefficient (Wildman–Crippen LogP) is 3.52. The quantitative estimate of drug-likeness (QED) is 0.357. The molecule has 5 nitrogen and oxygen atoms in total. The fourth-order valence-corrected chi connectivity index (χ4v) is 2.37. The molecule has 0 heterocycles. The minimum atomic E-state index is -0.554. The van der Waals surface area contributed by atoms with Gasteiger partial charge in [0.25, 0.3) is 0 Å². The van der Waals surface area contributed by atoms with Crippen LogP contribution in [0.4, 0.5) is 0 Å². The Morgan fingerprint density at radius 3 is 2.36 bits per heavy atom. The van der Waals surface area contributed by atoms with Crippen molar-refractivity contribution in [2.45, 2.75) is 34.2 Å². The molecule has 0 fully saturated rings. The monoisotopic (exact) mass is 480 g/mol. The van der Waals surface area contributed by atoms with Gasteiger partial charge in [-0.3, -0.25) is 9.79 Å². The first-order valence-corrected chi connectivity index (χ1v) is 8.70. The van der Waals surface area contributed by atoms with E-state index in [9.17, 15) is 4.79 Å². The number of rotatable bonds is 7. The number of aliphatic imine (C=N–C) groups is 1. The van der Waals surface area contributed by atoms with Gasteiger partial charge in [-0.15, -0.1) is 24.0 Å². The van der Waals surface area contributed by atoms with Crippen molar-refractivity contribution in [3.8, 4) is 0 Å². The van der Waals surface area contributed by atoms with Crippen molar-refractivity contribution in [3.05, 3.63) is 34.9 Å². The fourth-order valence-electron chi connectivity index (χ4n) is 2.17. The van der Waals surface area contributed by atoms with Crippen LogP contribution in [0.15, 0.2) is 29.3 Å². The molecule has 1 rings (SSSR count). The molecule has 0 spiro atoms. The molecule has 0 radical (unpaired) electrons. The Morgan fingerprint density at radius 2 is 1.80 bits per heavy atom. The van der Waals surface area contributed by atoms with E-state index in [0.717, 1.165) is 23.1 Å². The van der Waals surface area contributed by atoms with E-state index >= 15 is 0 Å². The third-order valence-corrected chi connectivity index (χ3v) is 4.01. The maximum absolute atomic E-state index is 12.1. The first-order valence-electron chi connectivity index (χ1n) is 8.33. The lowest BCUT2D eigenvalue weighted by atomic mass is 9.92. The van der Waals surface area contributed by atoms with Crippen LogP contribution >= 0.6 is 35.6 Å². The lowest BCUT2D eigenvalue weighted by molar-refractivity contribution is -0.128. The lowest BCUT2D eigenvalue weighted by Crippen LogP contribution is -2.42. The molecule has 1 aromatic rings. The zero-order valence-electron chi connectivity index (χ0n) is 15.7. The summed E-state index contributed by atoms with van der Waals surface area (Å²) in [4.78, 5) is 18.8. The highest BCUT2D eigenvalue weighted by atomic mass is 127. The molecule has 0 atom stereocenters. The number of hydrogen-bond acceptors (Lipinski definition) is 2.